The Morgan fingerprint density at radius 1 is 1.62 bits per heavy atom. The smallest absolute Gasteiger partial charge is 0.162 e. The molecular weight excluding hydrogens is 120 g/mol. The van der Waals surface area contributed by atoms with Gasteiger partial charge in [-0.25, -0.2) is 0 Å². The summed E-state index contributed by atoms with van der Waals surface area (Å²) in [5.74, 6) is 0. The molecule has 0 saturated carbocycles. The molecule has 0 aliphatic heterocycles. The van der Waals surface area contributed by atoms with E-state index in [4.69, 9.17) is 12.2 Å². The van der Waals surface area contributed by atoms with E-state index in [1.165, 1.54) is 0 Å². The van der Waals surface area contributed by atoms with Crippen LogP contribution in [-0.2, 0) is 0 Å². The lowest BCUT2D eigenvalue weighted by Crippen LogP contribution is -2.40. The maximum absolute atomic E-state index is 4.87. The van der Waals surface area contributed by atoms with Crippen molar-refractivity contribution < 1.29 is 5.73 Å². The molecule has 0 bridgehead atoms. The van der Waals surface area contributed by atoms with Crippen LogP contribution in [0, 0.1) is 4.51 Å². The number of nitrogens with one attached hydrogen (secondary N) is 1. The van der Waals surface area contributed by atoms with Crippen LogP contribution in [0.3, 0.4) is 0 Å². The minimum Gasteiger partial charge on any atom is -0.363 e. The van der Waals surface area contributed by atoms with E-state index in [1.54, 1.807) is 12.4 Å². The van der Waals surface area contributed by atoms with E-state index in [9.17, 15) is 0 Å². The van der Waals surface area contributed by atoms with Crippen molar-refractivity contribution >= 4 is 17.9 Å². The second-order valence-electron chi connectivity index (χ2n) is 1.53. The summed E-state index contributed by atoms with van der Waals surface area (Å²) in [7, 11) is 0. The zero-order valence-corrected chi connectivity index (χ0v) is 5.16. The van der Waals surface area contributed by atoms with E-state index in [0.717, 1.165) is 10.2 Å². The summed E-state index contributed by atoms with van der Waals surface area (Å²) in [6.45, 7) is 0. The zero-order valence-electron chi connectivity index (χ0n) is 4.35. The lowest BCUT2D eigenvalue weighted by Gasteiger charge is -1.82. The minimum atomic E-state index is 0.809. The molecule has 1 rings (SSSR count). The van der Waals surface area contributed by atoms with Gasteiger partial charge in [0.2, 0.25) is 0 Å². The van der Waals surface area contributed by atoms with Crippen molar-refractivity contribution in [2.75, 3.05) is 0 Å². The fourth-order valence-electron chi connectivity index (χ4n) is 0.451. The molecule has 0 aliphatic carbocycles. The fraction of sp³-hybridized carbons (Fsp3) is 0. The number of quaternary nitrogens is 1. The number of H-pyrrole nitrogens is 1. The third-order valence-electron chi connectivity index (χ3n) is 0.905. The Morgan fingerprint density at radius 3 is 2.75 bits per heavy atom. The molecule has 0 aliphatic rings. The molecule has 2 nitrogen and oxygen atoms in total. The maximum Gasteiger partial charge on any atom is 0.162 e. The largest absolute Gasteiger partial charge is 0.363 e. The summed E-state index contributed by atoms with van der Waals surface area (Å²) in [5.41, 5.74) is 4.56. The normalized spacial score (nSPS) is 9.12. The van der Waals surface area contributed by atoms with Crippen molar-refractivity contribution in [1.82, 2.24) is 4.98 Å². The van der Waals surface area contributed by atoms with Crippen molar-refractivity contribution in [2.24, 2.45) is 0 Å². The van der Waals surface area contributed by atoms with Gasteiger partial charge >= 0.3 is 0 Å². The van der Waals surface area contributed by atoms with Gasteiger partial charge in [0, 0.05) is 6.20 Å². The van der Waals surface area contributed by atoms with Crippen molar-refractivity contribution in [3.63, 3.8) is 0 Å². The monoisotopic (exact) mass is 127 g/mol. The highest BCUT2D eigenvalue weighted by Crippen LogP contribution is 1.96. The first kappa shape index (κ1) is 5.47. The molecule has 0 spiro atoms. The highest BCUT2D eigenvalue weighted by atomic mass is 32.1. The second kappa shape index (κ2) is 2.07. The number of hydrogen-bond acceptors (Lipinski definition) is 1. The molecule has 0 aromatic carbocycles. The average Bonchev–Trinajstić information content (AvgIpc) is 1.77. The van der Waals surface area contributed by atoms with Crippen LogP contribution in [0.2, 0.25) is 0 Å². The van der Waals surface area contributed by atoms with Crippen LogP contribution in [0.5, 0.6) is 0 Å². The van der Waals surface area contributed by atoms with Gasteiger partial charge in [-0.05, 0) is 6.07 Å². The number of hydrogen-bond donors (Lipinski definition) is 2. The van der Waals surface area contributed by atoms with Crippen molar-refractivity contribution in [3.8, 4) is 0 Å². The van der Waals surface area contributed by atoms with Crippen LogP contribution in [0.15, 0.2) is 18.5 Å². The standard InChI is InChI=1S/C5H6N2S/c6-4-3-7-2-1-5(4)8/h1-3H,6H2,(H,7,8)/p+1. The van der Waals surface area contributed by atoms with Gasteiger partial charge in [0.05, 0.1) is 6.20 Å². The molecule has 3 heteroatoms. The molecule has 4 N–H and O–H groups in total. The van der Waals surface area contributed by atoms with Crippen molar-refractivity contribution in [2.45, 2.75) is 0 Å². The first-order valence-corrected chi connectivity index (χ1v) is 2.70. The van der Waals surface area contributed by atoms with Crippen molar-refractivity contribution in [1.29, 1.82) is 0 Å². The van der Waals surface area contributed by atoms with Gasteiger partial charge in [-0.1, -0.05) is 12.2 Å². The number of pyridine rings is 1. The summed E-state index contributed by atoms with van der Waals surface area (Å²) in [6.07, 6.45) is 3.57. The van der Waals surface area contributed by atoms with E-state index < -0.39 is 0 Å². The van der Waals surface area contributed by atoms with Gasteiger partial charge in [0.15, 0.2) is 5.69 Å². The second-order valence-corrected chi connectivity index (χ2v) is 1.97. The lowest BCUT2D eigenvalue weighted by atomic mass is 10.4. The number of aromatic amines is 1. The van der Waals surface area contributed by atoms with Crippen LogP contribution in [0.4, 0.5) is 5.69 Å². The van der Waals surface area contributed by atoms with E-state index in [0.29, 0.717) is 0 Å². The predicted molar refractivity (Wildman–Crippen MR) is 34.2 cm³/mol. The summed E-state index contributed by atoms with van der Waals surface area (Å²) < 4.78 is 0.809. The van der Waals surface area contributed by atoms with E-state index >= 15 is 0 Å². The summed E-state index contributed by atoms with van der Waals surface area (Å²) in [4.78, 5) is 2.87. The van der Waals surface area contributed by atoms with E-state index in [1.807, 2.05) is 6.07 Å². The summed E-state index contributed by atoms with van der Waals surface area (Å²) in [6, 6.07) is 1.82. The maximum atomic E-state index is 4.87. The summed E-state index contributed by atoms with van der Waals surface area (Å²) in [5, 5.41) is 0. The zero-order chi connectivity index (χ0) is 5.98. The Morgan fingerprint density at radius 2 is 2.38 bits per heavy atom. The Balaban J connectivity index is 3.35. The molecular formula is C5H7N2S+. The molecule has 1 aromatic rings. The quantitative estimate of drug-likeness (QED) is 0.493. The third kappa shape index (κ3) is 0.936. The van der Waals surface area contributed by atoms with Gasteiger partial charge in [-0.3, -0.25) is 0 Å². The SMILES string of the molecule is [NH3+]c1c[nH]ccc1=S. The highest BCUT2D eigenvalue weighted by molar-refractivity contribution is 7.71. The van der Waals surface area contributed by atoms with Crippen LogP contribution in [-0.4, -0.2) is 4.98 Å². The molecule has 0 radical (unpaired) electrons. The molecule has 8 heavy (non-hydrogen) atoms. The fourth-order valence-corrected chi connectivity index (χ4v) is 0.578. The molecule has 1 heterocycles. The Hall–Kier alpha value is -0.670. The van der Waals surface area contributed by atoms with Gasteiger partial charge in [-0.15, -0.1) is 0 Å². The lowest BCUT2D eigenvalue weighted by molar-refractivity contribution is -0.255. The van der Waals surface area contributed by atoms with Gasteiger partial charge in [0.1, 0.15) is 4.51 Å². The van der Waals surface area contributed by atoms with Crippen molar-refractivity contribution in [3.05, 3.63) is 23.0 Å². The molecule has 1 aromatic heterocycles. The van der Waals surface area contributed by atoms with Crippen LogP contribution < -0.4 is 5.73 Å². The summed E-state index contributed by atoms with van der Waals surface area (Å²) >= 11 is 4.87. The topological polar surface area (TPSA) is 43.4 Å². The van der Waals surface area contributed by atoms with Crippen LogP contribution in [0.1, 0.15) is 0 Å². The Bertz CT molecular complexity index is 228. The molecule has 0 fully saturated rings. The number of rotatable bonds is 0. The van der Waals surface area contributed by atoms with Gasteiger partial charge in [-0.2, -0.15) is 0 Å². The van der Waals surface area contributed by atoms with Crippen LogP contribution in [0.25, 0.3) is 0 Å². The Kier molecular flexibility index (Phi) is 1.41. The van der Waals surface area contributed by atoms with Gasteiger partial charge < -0.3 is 10.7 Å². The minimum absolute atomic E-state index is 0.809. The first-order chi connectivity index (χ1) is 3.80. The first-order valence-electron chi connectivity index (χ1n) is 2.30. The third-order valence-corrected chi connectivity index (χ3v) is 1.30. The molecule has 0 atom stereocenters. The highest BCUT2D eigenvalue weighted by Gasteiger charge is 1.85. The average molecular weight is 127 g/mol. The molecule has 0 unspecified atom stereocenters. The molecule has 42 valence electrons. The molecule has 0 saturated heterocycles. The van der Waals surface area contributed by atoms with E-state index in [2.05, 4.69) is 10.7 Å². The predicted octanol–water partition coefficient (Wildman–Crippen LogP) is 0.618. The van der Waals surface area contributed by atoms with Gasteiger partial charge in [0.25, 0.3) is 0 Å². The van der Waals surface area contributed by atoms with E-state index in [-0.39, 0.29) is 0 Å². The molecule has 0 amide bonds. The Labute approximate surface area is 52.3 Å². The number of aromatic nitrogens is 1. The van der Waals surface area contributed by atoms with Crippen LogP contribution >= 0.6 is 12.2 Å².